The third-order valence-electron chi connectivity index (χ3n) is 4.64. The van der Waals surface area contributed by atoms with Crippen LogP contribution in [0.3, 0.4) is 0 Å². The summed E-state index contributed by atoms with van der Waals surface area (Å²) in [6.45, 7) is 5.81. The number of benzene rings is 1. The Balaban J connectivity index is 2.15. The lowest BCUT2D eigenvalue weighted by molar-refractivity contribution is -0.635. The highest BCUT2D eigenvalue weighted by Crippen LogP contribution is 2.24. The molecule has 2 aromatic rings. The maximum atomic E-state index is 14.7. The Kier molecular flexibility index (Phi) is 4.82. The molecule has 3 rings (SSSR count). The number of ether oxygens (including phenoxy) is 1. The van der Waals surface area contributed by atoms with Crippen LogP contribution in [-0.4, -0.2) is 50.7 Å². The number of carbonyl (C=O) groups is 1. The van der Waals surface area contributed by atoms with Gasteiger partial charge in [0.15, 0.2) is 5.82 Å². The van der Waals surface area contributed by atoms with E-state index in [0.29, 0.717) is 17.8 Å². The fourth-order valence-corrected chi connectivity index (χ4v) is 3.13. The number of anilines is 1. The Labute approximate surface area is 150 Å². The standard InChI is InChI=1S/C17H21FN4O4/c1-4-26-17(23)16-11(2)21(24)15-10-13(12(18)9-14(15)22(16)25)20-7-5-19(3)6-8-20/h9-10H,4-8H2,1-3H3. The van der Waals surface area contributed by atoms with Crippen molar-refractivity contribution in [2.75, 3.05) is 44.7 Å². The zero-order chi connectivity index (χ0) is 19.0. The molecule has 0 saturated carbocycles. The van der Waals surface area contributed by atoms with Crippen LogP contribution in [-0.2, 0) is 4.74 Å². The monoisotopic (exact) mass is 364 g/mol. The number of rotatable bonds is 3. The van der Waals surface area contributed by atoms with Crippen LogP contribution in [0, 0.1) is 23.2 Å². The van der Waals surface area contributed by atoms with Crippen molar-refractivity contribution in [1.82, 2.24) is 4.90 Å². The highest BCUT2D eigenvalue weighted by atomic mass is 19.1. The number of fused-ring (bicyclic) bond motifs is 1. The van der Waals surface area contributed by atoms with Gasteiger partial charge in [-0.25, -0.2) is 9.18 Å². The van der Waals surface area contributed by atoms with Crippen molar-refractivity contribution in [2.24, 2.45) is 0 Å². The molecule has 1 saturated heterocycles. The number of hydrogen-bond donors (Lipinski definition) is 0. The van der Waals surface area contributed by atoms with Crippen molar-refractivity contribution in [3.8, 4) is 0 Å². The van der Waals surface area contributed by atoms with Crippen molar-refractivity contribution in [3.05, 3.63) is 39.8 Å². The van der Waals surface area contributed by atoms with Crippen LogP contribution >= 0.6 is 0 Å². The smallest absolute Gasteiger partial charge is 0.412 e. The number of likely N-dealkylation sites (N-methyl/N-ethyl adjacent to an activating group) is 1. The topological polar surface area (TPSA) is 86.7 Å². The normalized spacial score (nSPS) is 15.5. The van der Waals surface area contributed by atoms with E-state index in [9.17, 15) is 19.6 Å². The third kappa shape index (κ3) is 2.98. The van der Waals surface area contributed by atoms with Gasteiger partial charge in [0.1, 0.15) is 0 Å². The van der Waals surface area contributed by atoms with Gasteiger partial charge < -0.3 is 25.0 Å². The minimum absolute atomic E-state index is 0.0147. The number of piperazine rings is 1. The van der Waals surface area contributed by atoms with Crippen LogP contribution < -0.4 is 14.4 Å². The molecule has 1 aliphatic rings. The first kappa shape index (κ1) is 18.1. The molecule has 0 atom stereocenters. The van der Waals surface area contributed by atoms with Crippen molar-refractivity contribution in [1.29, 1.82) is 0 Å². The van der Waals surface area contributed by atoms with Gasteiger partial charge in [-0.1, -0.05) is 0 Å². The molecule has 0 unspecified atom stereocenters. The summed E-state index contributed by atoms with van der Waals surface area (Å²) in [6.07, 6.45) is 0. The molecular weight excluding hydrogens is 343 g/mol. The summed E-state index contributed by atoms with van der Waals surface area (Å²) in [5.41, 5.74) is -0.425. The Morgan fingerprint density at radius 2 is 1.81 bits per heavy atom. The van der Waals surface area contributed by atoms with Crippen LogP contribution in [0.1, 0.15) is 23.1 Å². The van der Waals surface area contributed by atoms with Gasteiger partial charge in [-0.2, -0.15) is 4.73 Å². The SMILES string of the molecule is CCOC(=O)c1c(C)[n+]([O-])c2cc(N3CCN(C)CC3)c(F)cc2[n+]1[O-]. The molecule has 0 aliphatic carbocycles. The van der Waals surface area contributed by atoms with Crippen molar-refractivity contribution in [3.63, 3.8) is 0 Å². The van der Waals surface area contributed by atoms with Crippen LogP contribution in [0.15, 0.2) is 12.1 Å². The van der Waals surface area contributed by atoms with E-state index in [1.54, 1.807) is 6.92 Å². The number of halogens is 1. The number of hydrogen-bond acceptors (Lipinski definition) is 6. The van der Waals surface area contributed by atoms with E-state index in [4.69, 9.17) is 4.74 Å². The fraction of sp³-hybridized carbons (Fsp3) is 0.471. The van der Waals surface area contributed by atoms with Gasteiger partial charge in [0.05, 0.1) is 18.4 Å². The quantitative estimate of drug-likeness (QED) is 0.447. The number of aromatic nitrogens is 2. The molecule has 0 spiro atoms. The molecule has 2 heterocycles. The molecule has 0 bridgehead atoms. The molecule has 26 heavy (non-hydrogen) atoms. The van der Waals surface area contributed by atoms with Crippen molar-refractivity contribution < 1.29 is 23.4 Å². The van der Waals surface area contributed by atoms with Crippen LogP contribution in [0.2, 0.25) is 0 Å². The highest BCUT2D eigenvalue weighted by Gasteiger charge is 2.33. The summed E-state index contributed by atoms with van der Waals surface area (Å²) < 4.78 is 20.2. The van der Waals surface area contributed by atoms with Crippen LogP contribution in [0.5, 0.6) is 0 Å². The molecule has 9 heteroatoms. The Bertz CT molecular complexity index is 866. The zero-order valence-corrected chi connectivity index (χ0v) is 15.0. The molecule has 1 fully saturated rings. The van der Waals surface area contributed by atoms with Gasteiger partial charge in [-0.15, -0.1) is 4.73 Å². The lowest BCUT2D eigenvalue weighted by atomic mass is 10.2. The van der Waals surface area contributed by atoms with E-state index in [1.807, 2.05) is 11.9 Å². The lowest BCUT2D eigenvalue weighted by Gasteiger charge is -2.34. The van der Waals surface area contributed by atoms with E-state index in [2.05, 4.69) is 4.90 Å². The molecular formula is C17H21FN4O4. The minimum atomic E-state index is -0.907. The third-order valence-corrected chi connectivity index (χ3v) is 4.64. The predicted octanol–water partition coefficient (Wildman–Crippen LogP) is 0.483. The number of carbonyl (C=O) groups excluding carboxylic acids is 1. The Morgan fingerprint density at radius 3 is 2.42 bits per heavy atom. The molecule has 8 nitrogen and oxygen atoms in total. The summed E-state index contributed by atoms with van der Waals surface area (Å²) in [5, 5.41) is 25.2. The molecule has 1 aromatic carbocycles. The summed E-state index contributed by atoms with van der Waals surface area (Å²) in [6, 6.07) is 2.38. The van der Waals surface area contributed by atoms with Crippen LogP contribution in [0.4, 0.5) is 10.1 Å². The second-order valence-electron chi connectivity index (χ2n) is 6.33. The number of esters is 1. The first-order chi connectivity index (χ1) is 12.3. The maximum Gasteiger partial charge on any atom is 0.412 e. The average molecular weight is 364 g/mol. The summed E-state index contributed by atoms with van der Waals surface area (Å²) in [4.78, 5) is 16.0. The first-order valence-corrected chi connectivity index (χ1v) is 8.44. The van der Waals surface area contributed by atoms with Gasteiger partial charge in [-0.3, -0.25) is 0 Å². The van der Waals surface area contributed by atoms with Gasteiger partial charge in [0, 0.05) is 39.2 Å². The van der Waals surface area contributed by atoms with Gasteiger partial charge in [-0.05, 0) is 14.0 Å². The largest absolute Gasteiger partial charge is 0.618 e. The molecule has 1 aliphatic heterocycles. The first-order valence-electron chi connectivity index (χ1n) is 8.44. The van der Waals surface area contributed by atoms with Crippen molar-refractivity contribution in [2.45, 2.75) is 13.8 Å². The average Bonchev–Trinajstić information content (AvgIpc) is 2.61. The van der Waals surface area contributed by atoms with Gasteiger partial charge >= 0.3 is 11.7 Å². The van der Waals surface area contributed by atoms with E-state index in [1.165, 1.54) is 13.0 Å². The second kappa shape index (κ2) is 6.91. The summed E-state index contributed by atoms with van der Waals surface area (Å²) >= 11 is 0. The molecule has 140 valence electrons. The summed E-state index contributed by atoms with van der Waals surface area (Å²) in [7, 11) is 1.99. The van der Waals surface area contributed by atoms with E-state index >= 15 is 0 Å². The minimum Gasteiger partial charge on any atom is -0.618 e. The Morgan fingerprint density at radius 1 is 1.19 bits per heavy atom. The summed E-state index contributed by atoms with van der Waals surface area (Å²) in [5.74, 6) is -1.51. The van der Waals surface area contributed by atoms with Gasteiger partial charge in [0.25, 0.3) is 16.7 Å². The second-order valence-corrected chi connectivity index (χ2v) is 6.33. The predicted molar refractivity (Wildman–Crippen MR) is 92.2 cm³/mol. The molecule has 0 N–H and O–H groups in total. The number of nitrogens with zero attached hydrogens (tertiary/aromatic N) is 4. The molecule has 1 aromatic heterocycles. The van der Waals surface area contributed by atoms with E-state index in [-0.39, 0.29) is 33.8 Å². The van der Waals surface area contributed by atoms with Crippen molar-refractivity contribution >= 4 is 22.7 Å². The maximum absolute atomic E-state index is 14.7. The fourth-order valence-electron chi connectivity index (χ4n) is 3.13. The van der Waals surface area contributed by atoms with Gasteiger partial charge in [0.2, 0.25) is 0 Å². The molecule has 0 radical (unpaired) electrons. The van der Waals surface area contributed by atoms with Crippen LogP contribution in [0.25, 0.3) is 11.0 Å². The molecule has 0 amide bonds. The van der Waals surface area contributed by atoms with E-state index in [0.717, 1.165) is 19.2 Å². The highest BCUT2D eigenvalue weighted by molar-refractivity contribution is 5.87. The van der Waals surface area contributed by atoms with E-state index < -0.39 is 17.5 Å². The lowest BCUT2D eigenvalue weighted by Crippen LogP contribution is -2.47. The zero-order valence-electron chi connectivity index (χ0n) is 15.0. The Hall–Kier alpha value is -2.68.